The molecule has 0 heterocycles. The summed E-state index contributed by atoms with van der Waals surface area (Å²) in [7, 11) is 0. The van der Waals surface area contributed by atoms with Gasteiger partial charge in [-0.1, -0.05) is 65.5 Å². The molecule has 1 N–H and O–H groups in total. The van der Waals surface area contributed by atoms with Gasteiger partial charge in [0.2, 0.25) is 0 Å². The van der Waals surface area contributed by atoms with Crippen LogP contribution in [0.15, 0.2) is 34.3 Å². The van der Waals surface area contributed by atoms with Crippen molar-refractivity contribution in [2.75, 3.05) is 6.54 Å². The van der Waals surface area contributed by atoms with E-state index in [2.05, 4.69) is 59.4 Å². The lowest BCUT2D eigenvalue weighted by atomic mass is 9.90. The Morgan fingerprint density at radius 2 is 2.00 bits per heavy atom. The summed E-state index contributed by atoms with van der Waals surface area (Å²) in [4.78, 5) is 0. The summed E-state index contributed by atoms with van der Waals surface area (Å²) in [5, 5.41) is 3.69. The second-order valence-electron chi connectivity index (χ2n) is 5.70. The molecule has 1 aromatic carbocycles. The number of benzene rings is 1. The predicted octanol–water partition coefficient (Wildman–Crippen LogP) is 5.69. The average molecular weight is 336 g/mol. The van der Waals surface area contributed by atoms with Crippen LogP contribution in [0, 0.1) is 6.92 Å². The number of rotatable bonds is 4. The van der Waals surface area contributed by atoms with E-state index in [1.165, 1.54) is 54.1 Å². The summed E-state index contributed by atoms with van der Waals surface area (Å²) in [5.41, 5.74) is 4.29. The Balaban J connectivity index is 2.31. The molecular weight excluding hydrogens is 310 g/mol. The fraction of sp³-hybridized carbons (Fsp3) is 0.556. The predicted molar refractivity (Wildman–Crippen MR) is 91.1 cm³/mol. The molecule has 0 fully saturated rings. The van der Waals surface area contributed by atoms with Crippen LogP contribution in [0.1, 0.15) is 62.6 Å². The molecule has 110 valence electrons. The van der Waals surface area contributed by atoms with Gasteiger partial charge in [-0.05, 0) is 50.3 Å². The maximum Gasteiger partial charge on any atom is 0.0547 e. The van der Waals surface area contributed by atoms with Crippen molar-refractivity contribution in [3.63, 3.8) is 0 Å². The summed E-state index contributed by atoms with van der Waals surface area (Å²) >= 11 is 3.79. The number of allylic oxidation sites excluding steroid dienone is 1. The third kappa shape index (κ3) is 3.95. The number of hydrogen-bond acceptors (Lipinski definition) is 1. The van der Waals surface area contributed by atoms with Crippen molar-refractivity contribution in [3.05, 3.63) is 45.4 Å². The standard InChI is InChI=1S/C18H26BrN/c1-3-20-18(15-11-7-5-4-6-8-12-15)16-13-9-10-14(2)17(16)19/h9-11,13,18,20H,3-8,12H2,1-2H3/b15-11+. The van der Waals surface area contributed by atoms with Crippen LogP contribution in [0.5, 0.6) is 0 Å². The van der Waals surface area contributed by atoms with E-state index < -0.39 is 0 Å². The Bertz CT molecular complexity index is 464. The second-order valence-corrected chi connectivity index (χ2v) is 6.49. The van der Waals surface area contributed by atoms with E-state index in [0.717, 1.165) is 6.54 Å². The zero-order chi connectivity index (χ0) is 14.4. The van der Waals surface area contributed by atoms with Gasteiger partial charge < -0.3 is 5.32 Å². The molecular formula is C18H26BrN. The van der Waals surface area contributed by atoms with E-state index >= 15 is 0 Å². The summed E-state index contributed by atoms with van der Waals surface area (Å²) in [6.45, 7) is 5.37. The van der Waals surface area contributed by atoms with Crippen molar-refractivity contribution < 1.29 is 0 Å². The van der Waals surface area contributed by atoms with Crippen LogP contribution in [-0.4, -0.2) is 6.54 Å². The van der Waals surface area contributed by atoms with Crippen LogP contribution in [0.2, 0.25) is 0 Å². The highest BCUT2D eigenvalue weighted by molar-refractivity contribution is 9.10. The van der Waals surface area contributed by atoms with Gasteiger partial charge in [-0.25, -0.2) is 0 Å². The van der Waals surface area contributed by atoms with E-state index in [0.29, 0.717) is 6.04 Å². The topological polar surface area (TPSA) is 12.0 Å². The van der Waals surface area contributed by atoms with Gasteiger partial charge in [0.25, 0.3) is 0 Å². The summed E-state index contributed by atoms with van der Waals surface area (Å²) in [5.74, 6) is 0. The Morgan fingerprint density at radius 1 is 1.20 bits per heavy atom. The van der Waals surface area contributed by atoms with Crippen LogP contribution < -0.4 is 5.32 Å². The van der Waals surface area contributed by atoms with Crippen molar-refractivity contribution in [1.29, 1.82) is 0 Å². The second kappa shape index (κ2) is 7.99. The molecule has 0 aromatic heterocycles. The Labute approximate surface area is 132 Å². The first-order chi connectivity index (χ1) is 9.74. The summed E-state index contributed by atoms with van der Waals surface area (Å²) in [6, 6.07) is 6.96. The van der Waals surface area contributed by atoms with Gasteiger partial charge >= 0.3 is 0 Å². The smallest absolute Gasteiger partial charge is 0.0547 e. The van der Waals surface area contributed by atoms with Crippen molar-refractivity contribution in [1.82, 2.24) is 5.32 Å². The Hall–Kier alpha value is -0.600. The first kappa shape index (κ1) is 15.8. The highest BCUT2D eigenvalue weighted by Gasteiger charge is 2.19. The molecule has 1 nitrogen and oxygen atoms in total. The fourth-order valence-electron chi connectivity index (χ4n) is 3.02. The molecule has 1 unspecified atom stereocenters. The molecule has 1 atom stereocenters. The molecule has 0 spiro atoms. The highest BCUT2D eigenvalue weighted by Crippen LogP contribution is 2.34. The van der Waals surface area contributed by atoms with Crippen LogP contribution in [0.25, 0.3) is 0 Å². The zero-order valence-corrected chi connectivity index (χ0v) is 14.3. The minimum Gasteiger partial charge on any atom is -0.307 e. The maximum absolute atomic E-state index is 3.79. The SMILES string of the molecule is CCNC(/C1=C/CCCCCC1)c1cccc(C)c1Br. The number of halogens is 1. The Morgan fingerprint density at radius 3 is 2.80 bits per heavy atom. The van der Waals surface area contributed by atoms with Gasteiger partial charge in [0.05, 0.1) is 6.04 Å². The number of aryl methyl sites for hydroxylation is 1. The normalized spacial score (nSPS) is 20.6. The van der Waals surface area contributed by atoms with Crippen LogP contribution in [0.4, 0.5) is 0 Å². The monoisotopic (exact) mass is 335 g/mol. The molecule has 0 bridgehead atoms. The summed E-state index contributed by atoms with van der Waals surface area (Å²) < 4.78 is 1.26. The van der Waals surface area contributed by atoms with E-state index in [1.54, 1.807) is 5.57 Å². The van der Waals surface area contributed by atoms with Crippen molar-refractivity contribution in [3.8, 4) is 0 Å². The zero-order valence-electron chi connectivity index (χ0n) is 12.7. The average Bonchev–Trinajstić information content (AvgIpc) is 2.40. The molecule has 0 radical (unpaired) electrons. The van der Waals surface area contributed by atoms with Gasteiger partial charge in [0, 0.05) is 4.47 Å². The number of nitrogens with one attached hydrogen (secondary N) is 1. The molecule has 20 heavy (non-hydrogen) atoms. The van der Waals surface area contributed by atoms with E-state index in [-0.39, 0.29) is 0 Å². The van der Waals surface area contributed by atoms with Crippen LogP contribution in [-0.2, 0) is 0 Å². The molecule has 0 saturated carbocycles. The third-order valence-electron chi connectivity index (χ3n) is 4.14. The highest BCUT2D eigenvalue weighted by atomic mass is 79.9. The quantitative estimate of drug-likeness (QED) is 0.697. The maximum atomic E-state index is 3.79. The molecule has 1 aliphatic rings. The van der Waals surface area contributed by atoms with Gasteiger partial charge in [-0.15, -0.1) is 0 Å². The molecule has 1 aromatic rings. The lowest BCUT2D eigenvalue weighted by Gasteiger charge is -2.25. The van der Waals surface area contributed by atoms with Gasteiger partial charge in [-0.3, -0.25) is 0 Å². The lowest BCUT2D eigenvalue weighted by molar-refractivity contribution is 0.552. The largest absolute Gasteiger partial charge is 0.307 e. The number of hydrogen-bond donors (Lipinski definition) is 1. The Kier molecular flexibility index (Phi) is 6.31. The van der Waals surface area contributed by atoms with Gasteiger partial charge in [-0.2, -0.15) is 0 Å². The minimum atomic E-state index is 0.368. The van der Waals surface area contributed by atoms with Gasteiger partial charge in [0.1, 0.15) is 0 Å². The molecule has 1 aliphatic carbocycles. The van der Waals surface area contributed by atoms with Crippen LogP contribution in [0.3, 0.4) is 0 Å². The third-order valence-corrected chi connectivity index (χ3v) is 5.22. The van der Waals surface area contributed by atoms with Crippen molar-refractivity contribution in [2.45, 2.75) is 58.4 Å². The van der Waals surface area contributed by atoms with Crippen molar-refractivity contribution in [2.24, 2.45) is 0 Å². The molecule has 2 rings (SSSR count). The van der Waals surface area contributed by atoms with E-state index in [4.69, 9.17) is 0 Å². The van der Waals surface area contributed by atoms with Gasteiger partial charge in [0.15, 0.2) is 0 Å². The van der Waals surface area contributed by atoms with E-state index in [9.17, 15) is 0 Å². The molecule has 0 saturated heterocycles. The lowest BCUT2D eigenvalue weighted by Crippen LogP contribution is -2.23. The number of likely N-dealkylation sites (N-methyl/N-ethyl adjacent to an activating group) is 1. The van der Waals surface area contributed by atoms with E-state index in [1.807, 2.05) is 0 Å². The minimum absolute atomic E-state index is 0.368. The molecule has 0 amide bonds. The first-order valence-electron chi connectivity index (χ1n) is 7.91. The summed E-state index contributed by atoms with van der Waals surface area (Å²) in [6.07, 6.45) is 10.4. The molecule has 0 aliphatic heterocycles. The fourth-order valence-corrected chi connectivity index (χ4v) is 3.51. The van der Waals surface area contributed by atoms with Crippen molar-refractivity contribution >= 4 is 15.9 Å². The first-order valence-corrected chi connectivity index (χ1v) is 8.70. The molecule has 2 heteroatoms. The van der Waals surface area contributed by atoms with Crippen LogP contribution >= 0.6 is 15.9 Å².